The van der Waals surface area contributed by atoms with E-state index in [-0.39, 0.29) is 0 Å². The molecule has 0 aromatic carbocycles. The fourth-order valence-corrected chi connectivity index (χ4v) is 9.24. The van der Waals surface area contributed by atoms with Gasteiger partial charge in [0, 0.05) is 34.1 Å². The van der Waals surface area contributed by atoms with Gasteiger partial charge in [-0.1, -0.05) is 0 Å². The van der Waals surface area contributed by atoms with Crippen molar-refractivity contribution in [2.45, 2.75) is 193 Å². The number of amides is 4. The van der Waals surface area contributed by atoms with Crippen LogP contribution in [-0.4, -0.2) is 298 Å². The van der Waals surface area contributed by atoms with Crippen molar-refractivity contribution in [1.82, 2.24) is 21.3 Å². The Balaban J connectivity index is 1.57. The molecule has 0 radical (unpaired) electrons. The lowest BCUT2D eigenvalue weighted by Gasteiger charge is -2.52. The summed E-state index contributed by atoms with van der Waals surface area (Å²) in [6.07, 6.45) is -43.6. The number of rotatable bonds is 20. The van der Waals surface area contributed by atoms with Gasteiger partial charge in [0.15, 0.2) is 25.2 Å². The van der Waals surface area contributed by atoms with Crippen LogP contribution in [-0.2, 0) is 66.6 Å². The van der Waals surface area contributed by atoms with E-state index in [4.69, 9.17) is 42.6 Å². The number of aliphatic carboxylic acids is 1. The van der Waals surface area contributed by atoms with Crippen LogP contribution in [0, 0.1) is 0 Å². The van der Waals surface area contributed by atoms with Crippen LogP contribution >= 0.6 is 0 Å². The van der Waals surface area contributed by atoms with Gasteiger partial charge in [-0.3, -0.25) is 19.2 Å². The Morgan fingerprint density at radius 2 is 1.03 bits per heavy atom. The first-order chi connectivity index (χ1) is 34.7. The molecule has 26 atom stereocenters. The molecule has 0 aromatic heterocycles. The molecule has 19 N–H and O–H groups in total. The molecule has 0 spiro atoms. The summed E-state index contributed by atoms with van der Waals surface area (Å²) in [5, 5.41) is 172. The number of aliphatic hydroxyl groups excluding tert-OH is 14. The third-order valence-corrected chi connectivity index (χ3v) is 12.9. The predicted octanol–water partition coefficient (Wildman–Crippen LogP) is -12.1. The molecule has 4 amide bonds. The van der Waals surface area contributed by atoms with E-state index >= 15 is 0 Å². The fourth-order valence-electron chi connectivity index (χ4n) is 9.24. The summed E-state index contributed by atoms with van der Waals surface area (Å²) in [4.78, 5) is 62.6. The molecule has 5 saturated heterocycles. The number of carbonyl (C=O) groups is 5. The van der Waals surface area contributed by atoms with E-state index < -0.39 is 228 Å². The minimum Gasteiger partial charge on any atom is -0.477 e. The van der Waals surface area contributed by atoms with Crippen LogP contribution in [0.3, 0.4) is 0 Å². The molecule has 33 nitrogen and oxygen atoms in total. The van der Waals surface area contributed by atoms with Gasteiger partial charge < -0.3 is 140 Å². The zero-order valence-electron chi connectivity index (χ0n) is 40.1. The number of carboxylic acids is 1. The van der Waals surface area contributed by atoms with E-state index in [9.17, 15) is 101 Å². The van der Waals surface area contributed by atoms with Crippen molar-refractivity contribution in [3.05, 3.63) is 0 Å². The third kappa shape index (κ3) is 13.7. The summed E-state index contributed by atoms with van der Waals surface area (Å²) in [6.45, 7) is -1.07. The topological polar surface area (TPSA) is 520 Å². The average Bonchev–Trinajstić information content (AvgIpc) is 3.33. The first-order valence-electron chi connectivity index (χ1n) is 23.2. The van der Waals surface area contributed by atoms with Crippen LogP contribution < -0.4 is 21.3 Å². The van der Waals surface area contributed by atoms with Gasteiger partial charge in [0.2, 0.25) is 23.6 Å². The van der Waals surface area contributed by atoms with Crippen LogP contribution in [0.1, 0.15) is 34.1 Å². The minimum atomic E-state index is -3.33. The molecule has 5 rings (SSSR count). The SMILES string of the molecule is CC(=O)N[C@@H]1[C@@H](O[C@@H]2O[C@H](CO)[C@H](O[C@@H]3O[C@H](CO)[C@H](O)[C@H](O)[C@H]3NC(C)=O)[C@H](O[C@]3(C(=O)O)C[C@H](O)[C@@H](NC(C)=O)[C@H]([C@H](O)[C@H](O)CO)O3)[C@H]2O)[C@@H](O)[C@@H](CO[C@@H]2O[C@H](CO)[C@@H](O)[C@H](O)[C@H]2NC(C)=O)O[C@@H]1O. The number of hydrogen-bond acceptors (Lipinski definition) is 28. The lowest BCUT2D eigenvalue weighted by atomic mass is 9.88. The second-order valence-electron chi connectivity index (χ2n) is 18.4. The Labute approximate surface area is 419 Å². The maximum absolute atomic E-state index is 13.5. The van der Waals surface area contributed by atoms with Crippen molar-refractivity contribution in [2.75, 3.05) is 33.0 Å². The molecule has 0 unspecified atom stereocenters. The van der Waals surface area contributed by atoms with E-state index in [1.54, 1.807) is 0 Å². The normalized spacial score (nSPS) is 43.6. The molecule has 426 valence electrons. The van der Waals surface area contributed by atoms with Crippen LogP contribution in [0.5, 0.6) is 0 Å². The van der Waals surface area contributed by atoms with Crippen LogP contribution in [0.4, 0.5) is 0 Å². The van der Waals surface area contributed by atoms with Gasteiger partial charge in [-0.25, -0.2) is 4.79 Å². The molecule has 74 heavy (non-hydrogen) atoms. The predicted molar refractivity (Wildman–Crippen MR) is 230 cm³/mol. The van der Waals surface area contributed by atoms with Gasteiger partial charge in [-0.2, -0.15) is 0 Å². The largest absolute Gasteiger partial charge is 0.477 e. The summed E-state index contributed by atoms with van der Waals surface area (Å²) in [7, 11) is 0. The molecular formula is C41H68N4O29. The minimum absolute atomic E-state index is 0.726. The van der Waals surface area contributed by atoms with Gasteiger partial charge in [0.1, 0.15) is 116 Å². The highest BCUT2D eigenvalue weighted by molar-refractivity contribution is 5.77. The van der Waals surface area contributed by atoms with Crippen molar-refractivity contribution in [3.8, 4) is 0 Å². The second-order valence-corrected chi connectivity index (χ2v) is 18.4. The van der Waals surface area contributed by atoms with E-state index in [0.717, 1.165) is 27.7 Å². The highest BCUT2D eigenvalue weighted by atomic mass is 16.8. The standard InChI is InChI=1S/C41H68N4O29/c1-11(50)42-21-15(54)5-41(40(64)65,73-34(21)25(56)16(55)6-46)74-35-31(62)39(70-19(9-49)32(35)71-38-23(44-13(3)52)30(61)27(58)18(8-48)69-38)72-33-24(45-14(4)53)36(63)67-20(28(33)59)10-66-37-22(43-12(2)51)29(60)26(57)17(7-47)68-37/h15-39,46-49,54-63H,5-10H2,1-4H3,(H,42,50)(H,43,51)(H,44,52)(H,45,53)(H,64,65)/t15-,16+,17+,18+,19+,20+,21+,22+,23+,24+,25+,26+,27-,28-,29+,30+,31+,32-,33+,34+,35+,36-,37+,38-,39-,41-/m0/s1. The van der Waals surface area contributed by atoms with Crippen molar-refractivity contribution in [1.29, 1.82) is 0 Å². The Morgan fingerprint density at radius 3 is 1.53 bits per heavy atom. The Morgan fingerprint density at radius 1 is 0.554 bits per heavy atom. The Kier molecular flexibility index (Phi) is 21.7. The summed E-state index contributed by atoms with van der Waals surface area (Å²) in [6, 6.07) is -6.81. The number of carbonyl (C=O) groups excluding carboxylic acids is 4. The van der Waals surface area contributed by atoms with Crippen LogP contribution in [0.2, 0.25) is 0 Å². The molecule has 5 fully saturated rings. The van der Waals surface area contributed by atoms with E-state index in [1.807, 2.05) is 0 Å². The summed E-state index contributed by atoms with van der Waals surface area (Å²) in [5.41, 5.74) is 0. The highest BCUT2D eigenvalue weighted by Crippen LogP contribution is 2.40. The van der Waals surface area contributed by atoms with Crippen molar-refractivity contribution in [2.24, 2.45) is 0 Å². The average molecular weight is 1080 g/mol. The van der Waals surface area contributed by atoms with Crippen LogP contribution in [0.15, 0.2) is 0 Å². The Bertz CT molecular complexity index is 1900. The smallest absolute Gasteiger partial charge is 0.364 e. The maximum atomic E-state index is 13.5. The van der Waals surface area contributed by atoms with E-state index in [2.05, 4.69) is 21.3 Å². The maximum Gasteiger partial charge on any atom is 0.364 e. The summed E-state index contributed by atoms with van der Waals surface area (Å²) < 4.78 is 52.4. The number of ether oxygens (including phenoxy) is 9. The summed E-state index contributed by atoms with van der Waals surface area (Å²) >= 11 is 0. The zero-order chi connectivity index (χ0) is 55.3. The number of carboxylic acid groups (broad SMARTS) is 1. The van der Waals surface area contributed by atoms with Gasteiger partial charge in [-0.15, -0.1) is 0 Å². The Hall–Kier alpha value is -3.57. The second kappa shape index (κ2) is 26.2. The fraction of sp³-hybridized carbons (Fsp3) is 0.878. The molecule has 0 aromatic rings. The zero-order valence-corrected chi connectivity index (χ0v) is 40.1. The summed E-state index contributed by atoms with van der Waals surface area (Å²) in [5.74, 6) is -8.77. The first kappa shape index (κ1) is 61.3. The molecule has 0 saturated carbocycles. The lowest BCUT2D eigenvalue weighted by molar-refractivity contribution is -0.397. The molecular weight excluding hydrogens is 1010 g/mol. The molecule has 5 heterocycles. The molecule has 5 aliphatic rings. The van der Waals surface area contributed by atoms with Crippen molar-refractivity contribution in [3.63, 3.8) is 0 Å². The van der Waals surface area contributed by atoms with Gasteiger partial charge in [0.05, 0.1) is 45.2 Å². The highest BCUT2D eigenvalue weighted by Gasteiger charge is 2.62. The van der Waals surface area contributed by atoms with Gasteiger partial charge in [-0.05, 0) is 0 Å². The first-order valence-corrected chi connectivity index (χ1v) is 23.2. The lowest BCUT2D eigenvalue weighted by Crippen LogP contribution is -2.72. The van der Waals surface area contributed by atoms with E-state index in [1.165, 1.54) is 0 Å². The number of aliphatic hydroxyl groups is 14. The molecule has 0 bridgehead atoms. The van der Waals surface area contributed by atoms with Crippen molar-refractivity contribution >= 4 is 29.6 Å². The third-order valence-electron chi connectivity index (χ3n) is 12.9. The van der Waals surface area contributed by atoms with Gasteiger partial charge >= 0.3 is 5.97 Å². The van der Waals surface area contributed by atoms with Crippen molar-refractivity contribution < 1.29 is 143 Å². The van der Waals surface area contributed by atoms with E-state index in [0.29, 0.717) is 0 Å². The quantitative estimate of drug-likeness (QED) is 0.0538. The van der Waals surface area contributed by atoms with Gasteiger partial charge in [0.25, 0.3) is 5.79 Å². The molecule has 33 heteroatoms. The van der Waals surface area contributed by atoms with Crippen LogP contribution in [0.25, 0.3) is 0 Å². The molecule has 0 aliphatic carbocycles. The number of hydrogen-bond donors (Lipinski definition) is 19. The monoisotopic (exact) mass is 1080 g/mol. The molecule has 5 aliphatic heterocycles. The number of nitrogens with one attached hydrogen (secondary N) is 4.